The van der Waals surface area contributed by atoms with Crippen molar-refractivity contribution < 1.29 is 18.7 Å². The molecule has 0 saturated heterocycles. The second-order valence-corrected chi connectivity index (χ2v) is 6.03. The minimum Gasteiger partial charge on any atom is -0.494 e. The molecule has 1 N–H and O–H groups in total. The summed E-state index contributed by atoms with van der Waals surface area (Å²) in [7, 11) is 3.28. The number of benzene rings is 2. The van der Waals surface area contributed by atoms with Crippen molar-refractivity contribution in [2.75, 3.05) is 27.2 Å². The van der Waals surface area contributed by atoms with Crippen molar-refractivity contribution in [1.82, 2.24) is 10.2 Å². The Morgan fingerprint density at radius 1 is 1.08 bits per heavy atom. The van der Waals surface area contributed by atoms with Crippen LogP contribution in [0, 0.1) is 5.82 Å². The first kappa shape index (κ1) is 19.7. The van der Waals surface area contributed by atoms with E-state index >= 15 is 0 Å². The van der Waals surface area contributed by atoms with Gasteiger partial charge in [-0.15, -0.1) is 0 Å². The molecule has 2 aromatic rings. The predicted molar refractivity (Wildman–Crippen MR) is 99.1 cm³/mol. The number of nitrogens with zero attached hydrogens (tertiary/aromatic N) is 1. The number of amides is 1. The fourth-order valence-electron chi connectivity index (χ4n) is 2.42. The standard InChI is InChI=1S/C20H25FN2O3/c1-4-22-19(13-14-25-17-11-7-16(21)8-12-17)15-5-9-18(10-6-15)26-20(24)23(2)3/h5-12,19,22H,4,13-14H2,1-3H3. The van der Waals surface area contributed by atoms with Crippen molar-refractivity contribution in [3.8, 4) is 11.5 Å². The molecule has 0 aliphatic carbocycles. The number of hydrogen-bond donors (Lipinski definition) is 1. The Bertz CT molecular complexity index is 687. The summed E-state index contributed by atoms with van der Waals surface area (Å²) in [5.74, 6) is 0.871. The normalized spacial score (nSPS) is 11.7. The van der Waals surface area contributed by atoms with Gasteiger partial charge in [0.25, 0.3) is 0 Å². The molecular formula is C20H25FN2O3. The molecule has 0 aliphatic heterocycles. The summed E-state index contributed by atoms with van der Waals surface area (Å²) in [6, 6.07) is 13.5. The predicted octanol–water partition coefficient (Wildman–Crippen LogP) is 4.01. The van der Waals surface area contributed by atoms with Crippen molar-refractivity contribution in [2.24, 2.45) is 0 Å². The van der Waals surface area contributed by atoms with Crippen LogP contribution in [0.2, 0.25) is 0 Å². The Labute approximate surface area is 153 Å². The third kappa shape index (κ3) is 6.04. The highest BCUT2D eigenvalue weighted by atomic mass is 19.1. The maximum Gasteiger partial charge on any atom is 0.414 e. The molecule has 6 heteroatoms. The molecular weight excluding hydrogens is 335 g/mol. The number of carbonyl (C=O) groups is 1. The maximum absolute atomic E-state index is 12.9. The Morgan fingerprint density at radius 3 is 2.27 bits per heavy atom. The van der Waals surface area contributed by atoms with Crippen LogP contribution in [-0.4, -0.2) is 38.2 Å². The molecule has 0 aliphatic rings. The van der Waals surface area contributed by atoms with Gasteiger partial charge in [-0.1, -0.05) is 19.1 Å². The van der Waals surface area contributed by atoms with Gasteiger partial charge in [-0.05, 0) is 48.5 Å². The van der Waals surface area contributed by atoms with E-state index in [9.17, 15) is 9.18 Å². The van der Waals surface area contributed by atoms with Crippen LogP contribution in [0.5, 0.6) is 11.5 Å². The zero-order valence-corrected chi connectivity index (χ0v) is 15.4. The summed E-state index contributed by atoms with van der Waals surface area (Å²) in [5, 5.41) is 3.42. The SMILES string of the molecule is CCNC(CCOc1ccc(F)cc1)c1ccc(OC(=O)N(C)C)cc1. The van der Waals surface area contributed by atoms with Crippen LogP contribution in [0.3, 0.4) is 0 Å². The number of carbonyl (C=O) groups excluding carboxylic acids is 1. The summed E-state index contributed by atoms with van der Waals surface area (Å²) in [6.07, 6.45) is 0.343. The Balaban J connectivity index is 1.93. The topological polar surface area (TPSA) is 50.8 Å². The Morgan fingerprint density at radius 2 is 1.69 bits per heavy atom. The van der Waals surface area contributed by atoms with Crippen LogP contribution in [0.1, 0.15) is 24.9 Å². The number of halogens is 1. The summed E-state index contributed by atoms with van der Waals surface area (Å²) >= 11 is 0. The van der Waals surface area contributed by atoms with Crippen molar-refractivity contribution in [1.29, 1.82) is 0 Å². The molecule has 2 rings (SSSR count). The van der Waals surface area contributed by atoms with Crippen LogP contribution in [0.25, 0.3) is 0 Å². The minimum absolute atomic E-state index is 0.110. The van der Waals surface area contributed by atoms with Crippen LogP contribution >= 0.6 is 0 Å². The van der Waals surface area contributed by atoms with E-state index in [1.54, 1.807) is 38.4 Å². The van der Waals surface area contributed by atoms with E-state index < -0.39 is 6.09 Å². The fourth-order valence-corrected chi connectivity index (χ4v) is 2.42. The van der Waals surface area contributed by atoms with Crippen molar-refractivity contribution in [3.05, 3.63) is 59.9 Å². The summed E-state index contributed by atoms with van der Waals surface area (Å²) in [6.45, 7) is 3.36. The van der Waals surface area contributed by atoms with Crippen LogP contribution < -0.4 is 14.8 Å². The number of rotatable bonds is 8. The number of nitrogens with one attached hydrogen (secondary N) is 1. The summed E-state index contributed by atoms with van der Waals surface area (Å²) in [5.41, 5.74) is 1.08. The van der Waals surface area contributed by atoms with Gasteiger partial charge in [0, 0.05) is 26.6 Å². The smallest absolute Gasteiger partial charge is 0.414 e. The first-order valence-corrected chi connectivity index (χ1v) is 8.60. The van der Waals surface area contributed by atoms with E-state index in [2.05, 4.69) is 5.32 Å². The van der Waals surface area contributed by atoms with Gasteiger partial charge >= 0.3 is 6.09 Å². The molecule has 5 nitrogen and oxygen atoms in total. The molecule has 0 aromatic heterocycles. The van der Waals surface area contributed by atoms with E-state index in [4.69, 9.17) is 9.47 Å². The third-order valence-electron chi connectivity index (χ3n) is 3.79. The van der Waals surface area contributed by atoms with E-state index in [-0.39, 0.29) is 11.9 Å². The lowest BCUT2D eigenvalue weighted by atomic mass is 10.0. The van der Waals surface area contributed by atoms with Gasteiger partial charge in [0.05, 0.1) is 6.61 Å². The number of hydrogen-bond acceptors (Lipinski definition) is 4. The van der Waals surface area contributed by atoms with Gasteiger partial charge in [0.1, 0.15) is 17.3 Å². The van der Waals surface area contributed by atoms with Gasteiger partial charge in [0.15, 0.2) is 0 Å². The van der Waals surface area contributed by atoms with Crippen molar-refractivity contribution >= 4 is 6.09 Å². The van der Waals surface area contributed by atoms with E-state index in [0.717, 1.165) is 18.5 Å². The summed E-state index contributed by atoms with van der Waals surface area (Å²) < 4.78 is 23.8. The molecule has 1 amide bonds. The molecule has 0 spiro atoms. The van der Waals surface area contributed by atoms with Crippen LogP contribution in [0.4, 0.5) is 9.18 Å². The Kier molecular flexibility index (Phi) is 7.41. The molecule has 1 atom stereocenters. The van der Waals surface area contributed by atoms with Gasteiger partial charge in [-0.25, -0.2) is 9.18 Å². The van der Waals surface area contributed by atoms with Gasteiger partial charge in [0.2, 0.25) is 0 Å². The lowest BCUT2D eigenvalue weighted by Crippen LogP contribution is -2.25. The van der Waals surface area contributed by atoms with E-state index in [1.807, 2.05) is 19.1 Å². The first-order valence-electron chi connectivity index (χ1n) is 8.60. The average molecular weight is 360 g/mol. The highest BCUT2D eigenvalue weighted by Gasteiger charge is 2.12. The second-order valence-electron chi connectivity index (χ2n) is 6.03. The fraction of sp³-hybridized carbons (Fsp3) is 0.350. The lowest BCUT2D eigenvalue weighted by molar-refractivity contribution is 0.172. The van der Waals surface area contributed by atoms with Gasteiger partial charge < -0.3 is 19.7 Å². The molecule has 0 saturated carbocycles. The van der Waals surface area contributed by atoms with Crippen molar-refractivity contribution in [2.45, 2.75) is 19.4 Å². The average Bonchev–Trinajstić information content (AvgIpc) is 2.63. The molecule has 0 bridgehead atoms. The van der Waals surface area contributed by atoms with E-state index in [0.29, 0.717) is 18.1 Å². The highest BCUT2D eigenvalue weighted by Crippen LogP contribution is 2.21. The molecule has 26 heavy (non-hydrogen) atoms. The van der Waals surface area contributed by atoms with Crippen molar-refractivity contribution in [3.63, 3.8) is 0 Å². The molecule has 0 heterocycles. The largest absolute Gasteiger partial charge is 0.494 e. The van der Waals surface area contributed by atoms with Crippen LogP contribution in [-0.2, 0) is 0 Å². The third-order valence-corrected chi connectivity index (χ3v) is 3.79. The lowest BCUT2D eigenvalue weighted by Gasteiger charge is -2.19. The van der Waals surface area contributed by atoms with Crippen LogP contribution in [0.15, 0.2) is 48.5 Å². The number of ether oxygens (including phenoxy) is 2. The zero-order chi connectivity index (χ0) is 18.9. The first-order chi connectivity index (χ1) is 12.5. The molecule has 1 unspecified atom stereocenters. The van der Waals surface area contributed by atoms with E-state index in [1.165, 1.54) is 17.0 Å². The quantitative estimate of drug-likeness (QED) is 0.773. The minimum atomic E-state index is -0.409. The molecule has 140 valence electrons. The Hall–Kier alpha value is -2.60. The second kappa shape index (κ2) is 9.77. The van der Waals surface area contributed by atoms with Gasteiger partial charge in [-0.3, -0.25) is 0 Å². The summed E-state index contributed by atoms with van der Waals surface area (Å²) in [4.78, 5) is 13.0. The molecule has 0 fully saturated rings. The monoisotopic (exact) mass is 360 g/mol. The molecule has 2 aromatic carbocycles. The van der Waals surface area contributed by atoms with Gasteiger partial charge in [-0.2, -0.15) is 0 Å². The maximum atomic E-state index is 12.9. The molecule has 0 radical (unpaired) electrons. The highest BCUT2D eigenvalue weighted by molar-refractivity contribution is 5.69. The zero-order valence-electron chi connectivity index (χ0n) is 15.4.